The van der Waals surface area contributed by atoms with Gasteiger partial charge in [-0.3, -0.25) is 19.2 Å². The first kappa shape index (κ1) is 45.6. The van der Waals surface area contributed by atoms with Crippen LogP contribution in [0.2, 0.25) is 0 Å². The number of nitrogens with zero attached hydrogens (tertiary/aromatic N) is 3. The Kier molecular flexibility index (Phi) is 15.9. The van der Waals surface area contributed by atoms with Crippen LogP contribution in [0.15, 0.2) is 182 Å². The normalized spacial score (nSPS) is 13.7. The minimum atomic E-state index is -1.76. The fraction of sp³-hybridized carbons (Fsp3) is 0.135. The van der Waals surface area contributed by atoms with Gasteiger partial charge in [-0.1, -0.05) is 146 Å². The molecule has 12 heteroatoms. The number of imide groups is 2. The molecule has 0 bridgehead atoms. The van der Waals surface area contributed by atoms with Gasteiger partial charge >= 0.3 is 0 Å². The molecule has 2 aliphatic rings. The molecule has 4 amide bonds. The van der Waals surface area contributed by atoms with Crippen LogP contribution >= 0.6 is 0 Å². The second kappa shape index (κ2) is 22.3. The summed E-state index contributed by atoms with van der Waals surface area (Å²) in [6, 6.07) is 54.2. The molecule has 0 spiro atoms. The smallest absolute Gasteiger partial charge is 0.264 e. The first-order valence-electron chi connectivity index (χ1n) is 20.2. The summed E-state index contributed by atoms with van der Waals surface area (Å²) in [6.07, 6.45) is -3.83. The highest BCUT2D eigenvalue weighted by atomic mass is 18.2. The highest BCUT2D eigenvalue weighted by molar-refractivity contribution is 6.22. The maximum absolute atomic E-state index is 14.4. The van der Waals surface area contributed by atoms with Crippen molar-refractivity contribution in [3.8, 4) is 11.8 Å². The Morgan fingerprint density at radius 3 is 1.45 bits per heavy atom. The molecule has 64 heavy (non-hydrogen) atoms. The van der Waals surface area contributed by atoms with Gasteiger partial charge in [-0.2, -0.15) is 5.26 Å². The molecular weight excluding hydrogens is 819 g/mol. The number of fused-ring (bicyclic) bond motifs is 3. The van der Waals surface area contributed by atoms with Gasteiger partial charge in [-0.15, -0.1) is 0 Å². The summed E-state index contributed by atoms with van der Waals surface area (Å²) >= 11 is 0. The molecule has 0 aromatic heterocycles. The van der Waals surface area contributed by atoms with Crippen LogP contribution in [-0.4, -0.2) is 46.6 Å². The molecule has 0 aliphatic carbocycles. The largest absolute Gasteiger partial charge is 0.463 e. The number of carbonyl (C=O) groups is 4. The zero-order valence-electron chi connectivity index (χ0n) is 34.3. The number of ether oxygens (including phenoxy) is 1. The van der Waals surface area contributed by atoms with E-state index < -0.39 is 49.3 Å². The number of nitriles is 1. The zero-order valence-corrected chi connectivity index (χ0v) is 34.3. The third-order valence-corrected chi connectivity index (χ3v) is 10.1. The van der Waals surface area contributed by atoms with Crippen LogP contribution in [0.1, 0.15) is 83.4 Å². The average Bonchev–Trinajstić information content (AvgIpc) is 3.75. The third kappa shape index (κ3) is 11.1. The van der Waals surface area contributed by atoms with Gasteiger partial charge in [0.1, 0.15) is 11.9 Å². The molecule has 0 fully saturated rings. The molecule has 0 saturated heterocycles. The second-order valence-corrected chi connectivity index (χ2v) is 14.3. The molecule has 8 nitrogen and oxygen atoms in total. The lowest BCUT2D eigenvalue weighted by atomic mass is 10.1. The van der Waals surface area contributed by atoms with Gasteiger partial charge in [0.05, 0.1) is 28.3 Å². The van der Waals surface area contributed by atoms with Gasteiger partial charge in [0.15, 0.2) is 6.30 Å². The van der Waals surface area contributed by atoms with Crippen molar-refractivity contribution in [2.24, 2.45) is 0 Å². The van der Waals surface area contributed by atoms with E-state index in [4.69, 9.17) is 10.00 Å². The number of carbonyl (C=O) groups excluding carboxylic acids is 4. The Morgan fingerprint density at radius 1 is 0.516 bits per heavy atom. The molecule has 0 N–H and O–H groups in total. The van der Waals surface area contributed by atoms with Crippen molar-refractivity contribution in [2.75, 3.05) is 6.86 Å². The third-order valence-electron chi connectivity index (χ3n) is 10.1. The first-order valence-corrected chi connectivity index (χ1v) is 20.2. The van der Waals surface area contributed by atoms with Gasteiger partial charge in [-0.05, 0) is 64.7 Å². The van der Waals surface area contributed by atoms with Crippen molar-refractivity contribution in [2.45, 2.75) is 38.0 Å². The Morgan fingerprint density at radius 2 is 0.953 bits per heavy atom. The van der Waals surface area contributed by atoms with Crippen LogP contribution in [0.3, 0.4) is 0 Å². The monoisotopic (exact) mass is 859 g/mol. The van der Waals surface area contributed by atoms with Crippen molar-refractivity contribution in [3.05, 3.63) is 221 Å². The van der Waals surface area contributed by atoms with Crippen LogP contribution in [0.5, 0.6) is 5.75 Å². The van der Waals surface area contributed by atoms with Crippen LogP contribution in [-0.2, 0) is 6.42 Å². The Bertz CT molecular complexity index is 2660. The molecule has 2 aliphatic heterocycles. The van der Waals surface area contributed by atoms with Crippen LogP contribution in [0.4, 0.5) is 17.6 Å². The van der Waals surface area contributed by atoms with E-state index in [1.165, 1.54) is 12.1 Å². The minimum Gasteiger partial charge on any atom is -0.463 e. The fourth-order valence-electron chi connectivity index (χ4n) is 6.88. The summed E-state index contributed by atoms with van der Waals surface area (Å²) in [7, 11) is 0. The van der Waals surface area contributed by atoms with Crippen molar-refractivity contribution in [3.63, 3.8) is 0 Å². The fourth-order valence-corrected chi connectivity index (χ4v) is 6.88. The van der Waals surface area contributed by atoms with E-state index >= 15 is 0 Å². The molecule has 0 radical (unpaired) electrons. The zero-order chi connectivity index (χ0) is 45.4. The van der Waals surface area contributed by atoms with E-state index in [2.05, 4.69) is 0 Å². The van der Waals surface area contributed by atoms with Gasteiger partial charge in [0.25, 0.3) is 23.6 Å². The van der Waals surface area contributed by atoms with E-state index in [1.54, 1.807) is 121 Å². The minimum absolute atomic E-state index is 0.00626. The number of amides is 4. The molecule has 0 saturated carbocycles. The van der Waals surface area contributed by atoms with Gasteiger partial charge in [-0.25, -0.2) is 27.4 Å². The Labute approximate surface area is 367 Å². The summed E-state index contributed by atoms with van der Waals surface area (Å²) in [6.45, 7) is -0.779. The molecule has 322 valence electrons. The Hall–Kier alpha value is -7.91. The second-order valence-electron chi connectivity index (χ2n) is 14.3. The summed E-state index contributed by atoms with van der Waals surface area (Å²) in [4.78, 5) is 49.8. The van der Waals surface area contributed by atoms with E-state index in [1.807, 2.05) is 54.6 Å². The van der Waals surface area contributed by atoms with E-state index in [0.717, 1.165) is 16.3 Å². The van der Waals surface area contributed by atoms with Crippen LogP contribution < -0.4 is 4.74 Å². The van der Waals surface area contributed by atoms with E-state index in [-0.39, 0.29) is 40.7 Å². The topological polar surface area (TPSA) is 108 Å². The van der Waals surface area contributed by atoms with Crippen LogP contribution in [0, 0.1) is 11.3 Å². The summed E-state index contributed by atoms with van der Waals surface area (Å²) in [5.74, 6) is -1.72. The Balaban J connectivity index is 0.000000145. The molecule has 3 unspecified atom stereocenters. The van der Waals surface area contributed by atoms with Gasteiger partial charge < -0.3 is 4.74 Å². The standard InChI is InChI=1S/C16H12FNO2.C15H10FNO2.C11H9FO.C10H10FN/c17-14(10-11-6-2-1-3-7-11)18-15(19)12-8-4-5-9-13(12)16(18)20;16-13(10-6-2-1-3-7-10)17-14(18)11-8-4-5-9-12(11)15(17)19;12-8-13-11-6-5-9-3-1-2-4-10(9)7-11;11-10(7-4-8-12)9-5-2-1-3-6-9/h1-9,14H,10H2;1-9,13H;1-7H,8H2;1-3,5-6,10H,4,7H2/i17-1;16-1;12-1;11-1. The molecular formula is C52H41F4N3O5. The van der Waals surface area contributed by atoms with Crippen molar-refractivity contribution >= 4 is 34.4 Å². The number of benzene rings is 7. The quantitative estimate of drug-likeness (QED) is 0.0770. The average molecular weight is 860 g/mol. The van der Waals surface area contributed by atoms with Gasteiger partial charge in [0, 0.05) is 18.4 Å². The lowest BCUT2D eigenvalue weighted by Crippen LogP contribution is -2.38. The van der Waals surface area contributed by atoms with E-state index in [0.29, 0.717) is 27.5 Å². The molecule has 7 aromatic carbocycles. The maximum atomic E-state index is 14.4. The highest BCUT2D eigenvalue weighted by Crippen LogP contribution is 2.32. The number of hydrogen-bond acceptors (Lipinski definition) is 6. The van der Waals surface area contributed by atoms with Crippen molar-refractivity contribution in [1.29, 1.82) is 5.26 Å². The number of alkyl halides is 4. The number of rotatable bonds is 10. The van der Waals surface area contributed by atoms with Crippen molar-refractivity contribution in [1.82, 2.24) is 9.80 Å². The first-order chi connectivity index (χ1) is 31.1. The van der Waals surface area contributed by atoms with Crippen molar-refractivity contribution < 1.29 is 41.5 Å². The summed E-state index contributed by atoms with van der Waals surface area (Å²) < 4.78 is 58.5. The predicted octanol–water partition coefficient (Wildman–Crippen LogP) is 11.9. The molecule has 3 atom stereocenters. The summed E-state index contributed by atoms with van der Waals surface area (Å²) in [5.41, 5.74) is 2.75. The maximum Gasteiger partial charge on any atom is 0.264 e. The van der Waals surface area contributed by atoms with E-state index in [9.17, 15) is 36.7 Å². The van der Waals surface area contributed by atoms with Gasteiger partial charge in [0.2, 0.25) is 13.2 Å². The SMILES string of the molecule is N#CCCC([18F])c1ccccc1.O=C1c2ccccc2C(=O)N1C([18F])Cc1ccccc1.O=C1c2ccccc2C(=O)N1C([18F])c1ccccc1.[18F]COc1ccc2ccccc2c1. The summed E-state index contributed by atoms with van der Waals surface area (Å²) in [5, 5.41) is 10.4. The molecule has 2 heterocycles. The number of halogens is 4. The lowest BCUT2D eigenvalue weighted by Gasteiger charge is -2.19. The highest BCUT2D eigenvalue weighted by Gasteiger charge is 2.41. The molecule has 9 rings (SSSR count). The predicted molar refractivity (Wildman–Crippen MR) is 235 cm³/mol. The molecule has 7 aromatic rings. The number of hydrogen-bond donors (Lipinski definition) is 0. The lowest BCUT2D eigenvalue weighted by molar-refractivity contribution is 0.0399. The van der Waals surface area contributed by atoms with Crippen LogP contribution in [0.25, 0.3) is 10.8 Å².